The van der Waals surface area contributed by atoms with E-state index >= 15 is 0 Å². The molecule has 1 aromatic carbocycles. The van der Waals surface area contributed by atoms with E-state index in [9.17, 15) is 4.79 Å². The molecule has 6 heteroatoms. The number of hydrogen-bond acceptors (Lipinski definition) is 5. The lowest BCUT2D eigenvalue weighted by atomic mass is 10.2. The van der Waals surface area contributed by atoms with Crippen molar-refractivity contribution in [3.05, 3.63) is 47.8 Å². The van der Waals surface area contributed by atoms with E-state index in [0.717, 1.165) is 25.9 Å². The highest BCUT2D eigenvalue weighted by molar-refractivity contribution is 8.00. The molecule has 0 unspecified atom stereocenters. The molecule has 0 bridgehead atoms. The minimum Gasteiger partial charge on any atom is -0.321 e. The summed E-state index contributed by atoms with van der Waals surface area (Å²) in [5, 5.41) is 2.88. The lowest BCUT2D eigenvalue weighted by molar-refractivity contribution is 0.102. The maximum atomic E-state index is 12.2. The van der Waals surface area contributed by atoms with Crippen molar-refractivity contribution in [3.63, 3.8) is 0 Å². The van der Waals surface area contributed by atoms with Gasteiger partial charge < -0.3 is 5.32 Å². The Bertz CT molecular complexity index is 814. The largest absolute Gasteiger partial charge is 0.321 e. The summed E-state index contributed by atoms with van der Waals surface area (Å²) < 4.78 is 2.09. The smallest absolute Gasteiger partial charge is 0.274 e. The van der Waals surface area contributed by atoms with Gasteiger partial charge >= 0.3 is 0 Å². The molecule has 0 saturated heterocycles. The fourth-order valence-electron chi connectivity index (χ4n) is 1.93. The average Bonchev–Trinajstić information content (AvgIpc) is 2.89. The third-order valence-electron chi connectivity index (χ3n) is 2.92. The van der Waals surface area contributed by atoms with Gasteiger partial charge in [-0.1, -0.05) is 17.8 Å². The van der Waals surface area contributed by atoms with Crippen LogP contribution >= 0.6 is 23.1 Å². The number of amides is 1. The minimum absolute atomic E-state index is 0.201. The number of fused-ring (bicyclic) bond motifs is 1. The molecule has 0 fully saturated rings. The number of nitrogens with zero attached hydrogens (tertiary/aromatic N) is 2. The molecule has 3 rings (SSSR count). The number of aromatic nitrogens is 2. The first-order chi connectivity index (χ1) is 10.2. The summed E-state index contributed by atoms with van der Waals surface area (Å²) in [5.41, 5.74) is 2.96. The van der Waals surface area contributed by atoms with Crippen molar-refractivity contribution in [3.8, 4) is 0 Å². The normalized spacial score (nSPS) is 10.8. The monoisotopic (exact) mass is 315 g/mol. The van der Waals surface area contributed by atoms with E-state index in [0.29, 0.717) is 5.69 Å². The Balaban J connectivity index is 1.85. The lowest BCUT2D eigenvalue weighted by Gasteiger charge is -2.05. The van der Waals surface area contributed by atoms with Crippen LogP contribution in [-0.4, -0.2) is 22.1 Å². The quantitative estimate of drug-likeness (QED) is 0.743. The van der Waals surface area contributed by atoms with Crippen LogP contribution in [0.3, 0.4) is 0 Å². The van der Waals surface area contributed by atoms with Crippen LogP contribution in [0.15, 0.2) is 40.7 Å². The minimum atomic E-state index is -0.201. The van der Waals surface area contributed by atoms with Gasteiger partial charge in [0.1, 0.15) is 5.69 Å². The fraction of sp³-hybridized carbons (Fsp3) is 0.133. The van der Waals surface area contributed by atoms with Crippen LogP contribution in [-0.2, 0) is 0 Å². The summed E-state index contributed by atoms with van der Waals surface area (Å²) in [6.45, 7) is 1.87. The van der Waals surface area contributed by atoms with Crippen LogP contribution < -0.4 is 5.32 Å². The molecule has 0 radical (unpaired) electrons. The van der Waals surface area contributed by atoms with Gasteiger partial charge in [0.25, 0.3) is 5.91 Å². The van der Waals surface area contributed by atoms with E-state index in [1.165, 1.54) is 0 Å². The molecule has 2 aromatic heterocycles. The van der Waals surface area contributed by atoms with Gasteiger partial charge in [-0.05, 0) is 43.5 Å². The highest BCUT2D eigenvalue weighted by Gasteiger charge is 2.09. The van der Waals surface area contributed by atoms with Crippen molar-refractivity contribution in [2.45, 2.75) is 11.3 Å². The molecule has 3 aromatic rings. The Labute approximate surface area is 130 Å². The molecule has 0 aliphatic heterocycles. The summed E-state index contributed by atoms with van der Waals surface area (Å²) in [7, 11) is 0. The first-order valence-electron chi connectivity index (χ1n) is 6.35. The van der Waals surface area contributed by atoms with Crippen LogP contribution in [0.4, 0.5) is 5.69 Å². The highest BCUT2D eigenvalue weighted by atomic mass is 32.2. The predicted octanol–water partition coefficient (Wildman–Crippen LogP) is 3.97. The van der Waals surface area contributed by atoms with Crippen molar-refractivity contribution in [1.82, 2.24) is 9.97 Å². The SMILES string of the molecule is CSc1nc2ccc(NC(=O)c3cccc(C)n3)cc2s1. The van der Waals surface area contributed by atoms with Crippen LogP contribution in [0.25, 0.3) is 10.2 Å². The van der Waals surface area contributed by atoms with Crippen LogP contribution in [0.5, 0.6) is 0 Å². The standard InChI is InChI=1S/C15H13N3OS2/c1-9-4-3-5-12(16-9)14(19)17-10-6-7-11-13(8-10)21-15(18-11)20-2/h3-8H,1-2H3,(H,17,19). The molecule has 0 atom stereocenters. The molecule has 0 aliphatic carbocycles. The van der Waals surface area contributed by atoms with E-state index < -0.39 is 0 Å². The van der Waals surface area contributed by atoms with E-state index in [2.05, 4.69) is 15.3 Å². The molecule has 0 saturated carbocycles. The van der Waals surface area contributed by atoms with Gasteiger partial charge in [-0.2, -0.15) is 0 Å². The zero-order valence-corrected chi connectivity index (χ0v) is 13.2. The predicted molar refractivity (Wildman–Crippen MR) is 88.3 cm³/mol. The second kappa shape index (κ2) is 5.83. The second-order valence-corrected chi connectivity index (χ2v) is 6.57. The first kappa shape index (κ1) is 14.0. The van der Waals surface area contributed by atoms with Gasteiger partial charge in [0.2, 0.25) is 0 Å². The molecule has 1 N–H and O–H groups in total. The average molecular weight is 315 g/mol. The maximum Gasteiger partial charge on any atom is 0.274 e. The number of aryl methyl sites for hydroxylation is 1. The zero-order chi connectivity index (χ0) is 14.8. The van der Waals surface area contributed by atoms with Gasteiger partial charge in [0.05, 0.1) is 10.2 Å². The molecule has 106 valence electrons. The van der Waals surface area contributed by atoms with Crippen LogP contribution in [0.1, 0.15) is 16.2 Å². The number of anilines is 1. The molecule has 1 amide bonds. The van der Waals surface area contributed by atoms with Gasteiger partial charge in [0, 0.05) is 11.4 Å². The molecule has 4 nitrogen and oxygen atoms in total. The third kappa shape index (κ3) is 3.06. The molecule has 21 heavy (non-hydrogen) atoms. The summed E-state index contributed by atoms with van der Waals surface area (Å²) in [5.74, 6) is -0.201. The number of rotatable bonds is 3. The van der Waals surface area contributed by atoms with Crippen molar-refractivity contribution < 1.29 is 4.79 Å². The zero-order valence-electron chi connectivity index (χ0n) is 11.6. The lowest BCUT2D eigenvalue weighted by Crippen LogP contribution is -2.13. The number of hydrogen-bond donors (Lipinski definition) is 1. The van der Waals surface area contributed by atoms with Gasteiger partial charge in [-0.25, -0.2) is 9.97 Å². The summed E-state index contributed by atoms with van der Waals surface area (Å²) in [6.07, 6.45) is 2.00. The number of carbonyl (C=O) groups is 1. The molecule has 2 heterocycles. The number of pyridine rings is 1. The van der Waals surface area contributed by atoms with Crippen molar-refractivity contribution in [2.24, 2.45) is 0 Å². The van der Waals surface area contributed by atoms with Crippen LogP contribution in [0.2, 0.25) is 0 Å². The Morgan fingerprint density at radius 1 is 1.24 bits per heavy atom. The summed E-state index contributed by atoms with van der Waals surface area (Å²) in [6, 6.07) is 11.1. The Morgan fingerprint density at radius 3 is 2.86 bits per heavy atom. The number of carbonyl (C=O) groups excluding carboxylic acids is 1. The third-order valence-corrected chi connectivity index (χ3v) is 4.93. The molecule has 0 spiro atoms. The summed E-state index contributed by atoms with van der Waals surface area (Å²) >= 11 is 3.24. The van der Waals surface area contributed by atoms with Gasteiger partial charge in [-0.15, -0.1) is 11.3 Å². The molecular formula is C15H13N3OS2. The van der Waals surface area contributed by atoms with Gasteiger partial charge in [-0.3, -0.25) is 4.79 Å². The highest BCUT2D eigenvalue weighted by Crippen LogP contribution is 2.30. The molecule has 0 aliphatic rings. The Hall–Kier alpha value is -1.92. The first-order valence-corrected chi connectivity index (χ1v) is 8.39. The van der Waals surface area contributed by atoms with E-state index in [1.807, 2.05) is 43.5 Å². The Kier molecular flexibility index (Phi) is 3.90. The van der Waals surface area contributed by atoms with Crippen LogP contribution in [0, 0.1) is 6.92 Å². The molecular weight excluding hydrogens is 302 g/mol. The van der Waals surface area contributed by atoms with Crippen molar-refractivity contribution in [1.29, 1.82) is 0 Å². The number of thiazole rings is 1. The topological polar surface area (TPSA) is 54.9 Å². The second-order valence-electron chi connectivity index (χ2n) is 4.48. The number of thioether (sulfide) groups is 1. The van der Waals surface area contributed by atoms with E-state index in [1.54, 1.807) is 29.2 Å². The number of nitrogens with one attached hydrogen (secondary N) is 1. The van der Waals surface area contributed by atoms with Gasteiger partial charge in [0.15, 0.2) is 4.34 Å². The fourth-order valence-corrected chi connectivity index (χ4v) is 3.46. The van der Waals surface area contributed by atoms with Crippen molar-refractivity contribution >= 4 is 44.9 Å². The maximum absolute atomic E-state index is 12.2. The van der Waals surface area contributed by atoms with E-state index in [-0.39, 0.29) is 5.91 Å². The summed E-state index contributed by atoms with van der Waals surface area (Å²) in [4.78, 5) is 20.9. The Morgan fingerprint density at radius 2 is 2.10 bits per heavy atom. The number of benzene rings is 1. The van der Waals surface area contributed by atoms with Crippen molar-refractivity contribution in [2.75, 3.05) is 11.6 Å². The van der Waals surface area contributed by atoms with E-state index in [4.69, 9.17) is 0 Å².